The second kappa shape index (κ2) is 4.94. The van der Waals surface area contributed by atoms with Gasteiger partial charge in [-0.15, -0.1) is 0 Å². The third kappa shape index (κ3) is 2.48. The molecule has 2 atom stereocenters. The molecule has 0 saturated heterocycles. The number of alkyl halides is 1. The number of halogens is 1. The van der Waals surface area contributed by atoms with Crippen molar-refractivity contribution in [2.24, 2.45) is 7.05 Å². The zero-order valence-corrected chi connectivity index (χ0v) is 13.2. The topological polar surface area (TPSA) is 64.0 Å². The van der Waals surface area contributed by atoms with Crippen molar-refractivity contribution < 1.29 is 8.42 Å². The largest absolute Gasteiger partial charge is 0.271 e. The first kappa shape index (κ1) is 14.0. The molecular weight excluding hydrogens is 318 g/mol. The Kier molecular flexibility index (Phi) is 3.85. The van der Waals surface area contributed by atoms with Gasteiger partial charge in [-0.25, -0.2) is 13.1 Å². The summed E-state index contributed by atoms with van der Waals surface area (Å²) in [5.41, 5.74) is 1.22. The molecule has 1 aromatic rings. The highest BCUT2D eigenvalue weighted by atomic mass is 79.9. The highest BCUT2D eigenvalue weighted by molar-refractivity contribution is 9.09. The number of rotatable bonds is 3. The zero-order chi connectivity index (χ0) is 13.5. The van der Waals surface area contributed by atoms with Crippen molar-refractivity contribution in [1.82, 2.24) is 14.5 Å². The van der Waals surface area contributed by atoms with Gasteiger partial charge in [-0.05, 0) is 26.7 Å². The molecule has 1 aliphatic rings. The van der Waals surface area contributed by atoms with Crippen LogP contribution in [-0.2, 0) is 17.1 Å². The lowest BCUT2D eigenvalue weighted by molar-refractivity contribution is 0.555. The molecule has 102 valence electrons. The lowest BCUT2D eigenvalue weighted by Crippen LogP contribution is -2.38. The van der Waals surface area contributed by atoms with E-state index in [2.05, 4.69) is 25.8 Å². The predicted octanol–water partition coefficient (Wildman–Crippen LogP) is 1.63. The maximum atomic E-state index is 12.4. The van der Waals surface area contributed by atoms with Gasteiger partial charge in [0, 0.05) is 17.9 Å². The Labute approximate surface area is 116 Å². The summed E-state index contributed by atoms with van der Waals surface area (Å²) in [6, 6.07) is -0.0194. The van der Waals surface area contributed by atoms with Crippen LogP contribution in [-0.4, -0.2) is 29.1 Å². The number of nitrogens with one attached hydrogen (secondary N) is 1. The molecule has 2 unspecified atom stereocenters. The summed E-state index contributed by atoms with van der Waals surface area (Å²) >= 11 is 3.52. The van der Waals surface area contributed by atoms with E-state index in [1.54, 1.807) is 25.6 Å². The second-order valence-electron chi connectivity index (χ2n) is 4.80. The molecule has 1 aromatic heterocycles. The van der Waals surface area contributed by atoms with Gasteiger partial charge < -0.3 is 0 Å². The van der Waals surface area contributed by atoms with Crippen LogP contribution in [0.4, 0.5) is 0 Å². The number of aryl methyl sites for hydroxylation is 2. The molecule has 0 spiro atoms. The van der Waals surface area contributed by atoms with E-state index in [0.717, 1.165) is 19.3 Å². The van der Waals surface area contributed by atoms with Crippen LogP contribution >= 0.6 is 15.9 Å². The fourth-order valence-electron chi connectivity index (χ4n) is 2.45. The van der Waals surface area contributed by atoms with Crippen LogP contribution in [0, 0.1) is 13.8 Å². The van der Waals surface area contributed by atoms with Gasteiger partial charge in [0.05, 0.1) is 11.4 Å². The minimum Gasteiger partial charge on any atom is -0.271 e. The van der Waals surface area contributed by atoms with Crippen LogP contribution < -0.4 is 4.72 Å². The van der Waals surface area contributed by atoms with E-state index in [-0.39, 0.29) is 10.9 Å². The van der Waals surface area contributed by atoms with Crippen molar-refractivity contribution in [3.05, 3.63) is 11.4 Å². The van der Waals surface area contributed by atoms with Crippen molar-refractivity contribution in [1.29, 1.82) is 0 Å². The molecule has 1 N–H and O–H groups in total. The normalized spacial score (nSPS) is 24.7. The van der Waals surface area contributed by atoms with Crippen molar-refractivity contribution in [2.45, 2.75) is 48.9 Å². The molecule has 0 radical (unpaired) electrons. The van der Waals surface area contributed by atoms with Crippen LogP contribution in [0.2, 0.25) is 0 Å². The molecule has 0 bridgehead atoms. The van der Waals surface area contributed by atoms with Gasteiger partial charge in [0.2, 0.25) is 10.0 Å². The molecule has 1 aliphatic carbocycles. The van der Waals surface area contributed by atoms with E-state index in [0.29, 0.717) is 16.3 Å². The van der Waals surface area contributed by atoms with Crippen LogP contribution in [0.25, 0.3) is 0 Å². The van der Waals surface area contributed by atoms with Crippen LogP contribution in [0.15, 0.2) is 4.90 Å². The summed E-state index contributed by atoms with van der Waals surface area (Å²) in [5.74, 6) is 0. The van der Waals surface area contributed by atoms with E-state index in [1.165, 1.54) is 0 Å². The molecule has 0 aliphatic heterocycles. The first-order chi connectivity index (χ1) is 8.33. The molecule has 18 heavy (non-hydrogen) atoms. The Balaban J connectivity index is 2.31. The summed E-state index contributed by atoms with van der Waals surface area (Å²) in [5, 5.41) is 4.16. The highest BCUT2D eigenvalue weighted by Gasteiger charge is 2.32. The van der Waals surface area contributed by atoms with Gasteiger partial charge in [0.1, 0.15) is 4.90 Å². The lowest BCUT2D eigenvalue weighted by atomic mass is 10.3. The van der Waals surface area contributed by atoms with Gasteiger partial charge in [-0.2, -0.15) is 5.10 Å². The average molecular weight is 336 g/mol. The molecule has 2 rings (SSSR count). The van der Waals surface area contributed by atoms with Gasteiger partial charge in [0.15, 0.2) is 0 Å². The SMILES string of the molecule is Cc1nn(C)c(C)c1S(=O)(=O)NC1CCCC1Br. The summed E-state index contributed by atoms with van der Waals surface area (Å²) in [6.45, 7) is 3.50. The van der Waals surface area contributed by atoms with E-state index in [4.69, 9.17) is 0 Å². The van der Waals surface area contributed by atoms with Crippen LogP contribution in [0.5, 0.6) is 0 Å². The summed E-state index contributed by atoms with van der Waals surface area (Å²) in [6.07, 6.45) is 2.94. The molecule has 0 amide bonds. The minimum atomic E-state index is -3.48. The van der Waals surface area contributed by atoms with Crippen molar-refractivity contribution in [3.8, 4) is 0 Å². The van der Waals surface area contributed by atoms with E-state index in [1.807, 2.05) is 0 Å². The van der Waals surface area contributed by atoms with Crippen molar-refractivity contribution >= 4 is 26.0 Å². The minimum absolute atomic E-state index is 0.0194. The van der Waals surface area contributed by atoms with E-state index in [9.17, 15) is 8.42 Å². The van der Waals surface area contributed by atoms with E-state index >= 15 is 0 Å². The monoisotopic (exact) mass is 335 g/mol. The summed E-state index contributed by atoms with van der Waals surface area (Å²) in [4.78, 5) is 0.543. The molecule has 5 nitrogen and oxygen atoms in total. The maximum absolute atomic E-state index is 12.4. The predicted molar refractivity (Wildman–Crippen MR) is 73.4 cm³/mol. The molecule has 7 heteroatoms. The Hall–Kier alpha value is -0.400. The Bertz CT molecular complexity index is 553. The van der Waals surface area contributed by atoms with E-state index < -0.39 is 10.0 Å². The standard InChI is InChI=1S/C11H18BrN3O2S/c1-7-11(8(2)15(3)13-7)18(16,17)14-10-6-4-5-9(10)12/h9-10,14H,4-6H2,1-3H3. The highest BCUT2D eigenvalue weighted by Crippen LogP contribution is 2.28. The summed E-state index contributed by atoms with van der Waals surface area (Å²) < 4.78 is 29.2. The van der Waals surface area contributed by atoms with Crippen molar-refractivity contribution in [3.63, 3.8) is 0 Å². The number of sulfonamides is 1. The fraction of sp³-hybridized carbons (Fsp3) is 0.727. The fourth-order valence-corrected chi connectivity index (χ4v) is 5.09. The first-order valence-corrected chi connectivity index (χ1v) is 8.39. The maximum Gasteiger partial charge on any atom is 0.244 e. The first-order valence-electron chi connectivity index (χ1n) is 5.99. The Morgan fingerprint density at radius 1 is 1.39 bits per heavy atom. The Morgan fingerprint density at radius 2 is 2.06 bits per heavy atom. The number of hydrogen-bond donors (Lipinski definition) is 1. The number of aromatic nitrogens is 2. The van der Waals surface area contributed by atoms with Crippen LogP contribution in [0.3, 0.4) is 0 Å². The number of nitrogens with zero attached hydrogens (tertiary/aromatic N) is 2. The van der Waals surface area contributed by atoms with Gasteiger partial charge in [-0.3, -0.25) is 4.68 Å². The summed E-state index contributed by atoms with van der Waals surface area (Å²) in [7, 11) is -1.73. The smallest absolute Gasteiger partial charge is 0.244 e. The number of hydrogen-bond acceptors (Lipinski definition) is 3. The molecule has 0 aromatic carbocycles. The molecule has 1 saturated carbocycles. The third-order valence-electron chi connectivity index (χ3n) is 3.45. The van der Waals surface area contributed by atoms with Crippen LogP contribution in [0.1, 0.15) is 30.7 Å². The van der Waals surface area contributed by atoms with Crippen molar-refractivity contribution in [2.75, 3.05) is 0 Å². The zero-order valence-electron chi connectivity index (χ0n) is 10.8. The third-order valence-corrected chi connectivity index (χ3v) is 6.29. The quantitative estimate of drug-likeness (QED) is 0.854. The Morgan fingerprint density at radius 3 is 2.50 bits per heavy atom. The average Bonchev–Trinajstić information content (AvgIpc) is 2.73. The van der Waals surface area contributed by atoms with Gasteiger partial charge >= 0.3 is 0 Å². The second-order valence-corrected chi connectivity index (χ2v) is 7.63. The molecule has 1 heterocycles. The van der Waals surface area contributed by atoms with Gasteiger partial charge in [-0.1, -0.05) is 22.4 Å². The lowest BCUT2D eigenvalue weighted by Gasteiger charge is -2.16. The molecular formula is C11H18BrN3O2S. The van der Waals surface area contributed by atoms with Gasteiger partial charge in [0.25, 0.3) is 0 Å². The molecule has 1 fully saturated rings.